The number of nitrogens with one attached hydrogen (secondary N) is 1. The Balaban J connectivity index is 1.12. The molecule has 4 aromatic rings. The molecule has 7 nitrogen and oxygen atoms in total. The van der Waals surface area contributed by atoms with Gasteiger partial charge in [-0.25, -0.2) is 0 Å². The molecule has 0 radical (unpaired) electrons. The van der Waals surface area contributed by atoms with Crippen molar-refractivity contribution in [2.45, 2.75) is 44.3 Å². The zero-order valence-corrected chi connectivity index (χ0v) is 19.0. The number of anilines is 2. The maximum atomic E-state index is 6.25. The maximum absolute atomic E-state index is 6.25. The smallest absolute Gasteiger partial charge is 0.223 e. The van der Waals surface area contributed by atoms with E-state index in [4.69, 9.17) is 19.2 Å². The van der Waals surface area contributed by atoms with Gasteiger partial charge in [-0.05, 0) is 49.1 Å². The molecular formula is C27H28N4O3. The molecule has 1 saturated carbocycles. The molecule has 0 spiro atoms. The fraction of sp³-hybridized carbons (Fsp3) is 0.333. The van der Waals surface area contributed by atoms with Gasteiger partial charge in [0.1, 0.15) is 24.3 Å². The van der Waals surface area contributed by atoms with Crippen molar-refractivity contribution in [3.8, 4) is 11.6 Å². The summed E-state index contributed by atoms with van der Waals surface area (Å²) in [6.07, 6.45) is 6.65. The molecule has 1 aliphatic heterocycles. The van der Waals surface area contributed by atoms with Gasteiger partial charge in [0.25, 0.3) is 0 Å². The Morgan fingerprint density at radius 2 is 1.82 bits per heavy atom. The lowest BCUT2D eigenvalue weighted by molar-refractivity contribution is 0.0889. The van der Waals surface area contributed by atoms with E-state index in [1.54, 1.807) is 6.20 Å². The van der Waals surface area contributed by atoms with E-state index in [2.05, 4.69) is 22.5 Å². The van der Waals surface area contributed by atoms with E-state index in [1.807, 2.05) is 53.0 Å². The molecule has 6 rings (SSSR count). The van der Waals surface area contributed by atoms with E-state index in [-0.39, 0.29) is 6.10 Å². The fourth-order valence-corrected chi connectivity index (χ4v) is 4.94. The Kier molecular flexibility index (Phi) is 5.77. The van der Waals surface area contributed by atoms with Crippen LogP contribution in [-0.2, 0) is 11.3 Å². The van der Waals surface area contributed by atoms with Gasteiger partial charge < -0.3 is 19.5 Å². The van der Waals surface area contributed by atoms with Gasteiger partial charge in [-0.1, -0.05) is 36.8 Å². The Hall–Kier alpha value is -3.58. The zero-order chi connectivity index (χ0) is 22.7. The van der Waals surface area contributed by atoms with E-state index < -0.39 is 0 Å². The molecule has 2 aromatic carbocycles. The first-order valence-electron chi connectivity index (χ1n) is 12.0. The minimum atomic E-state index is 0.226. The number of nitrogens with zero attached hydrogens (tertiary/aromatic N) is 3. The number of benzene rings is 2. The molecule has 0 saturated heterocycles. The summed E-state index contributed by atoms with van der Waals surface area (Å²) in [4.78, 5) is 4.73. The first kappa shape index (κ1) is 21.0. The molecule has 34 heavy (non-hydrogen) atoms. The molecule has 3 heterocycles. The topological polar surface area (TPSA) is 69.9 Å². The molecule has 2 aromatic heterocycles. The minimum Gasteiger partial charge on any atom is -0.491 e. The third-order valence-corrected chi connectivity index (χ3v) is 6.60. The number of hydrogen-bond acceptors (Lipinski definition) is 6. The summed E-state index contributed by atoms with van der Waals surface area (Å²) in [5.41, 5.74) is 4.07. The quantitative estimate of drug-likeness (QED) is 0.354. The highest BCUT2D eigenvalue weighted by Gasteiger charge is 2.40. The number of hydrogen-bond donors (Lipinski definition) is 1. The molecule has 2 unspecified atom stereocenters. The summed E-state index contributed by atoms with van der Waals surface area (Å²) in [5.74, 6) is 2.88. The first-order chi connectivity index (χ1) is 16.8. The SMILES string of the molecule is c1ccc(COCCOc2ccc(Nc3c4c(nc5ccnn35)OC3CCCCC43)cc2)cc1. The van der Waals surface area contributed by atoms with Crippen LogP contribution in [0, 0.1) is 0 Å². The highest BCUT2D eigenvalue weighted by molar-refractivity contribution is 5.67. The highest BCUT2D eigenvalue weighted by Crippen LogP contribution is 2.48. The summed E-state index contributed by atoms with van der Waals surface area (Å²) >= 11 is 0. The van der Waals surface area contributed by atoms with Gasteiger partial charge in [-0.2, -0.15) is 14.6 Å². The third kappa shape index (κ3) is 4.19. The molecule has 0 amide bonds. The standard InChI is InChI=1S/C27H28N4O3/c1-2-6-19(7-3-1)18-32-16-17-33-21-12-10-20(11-13-21)29-26-25-22-8-4-5-9-23(22)34-27(25)30-24-14-15-28-31(24)26/h1-3,6-7,10-15,22-23,29H,4-5,8-9,16-18H2. The Bertz CT molecular complexity index is 1260. The summed E-state index contributed by atoms with van der Waals surface area (Å²) in [6.45, 7) is 1.64. The van der Waals surface area contributed by atoms with Crippen molar-refractivity contribution in [1.29, 1.82) is 0 Å². The van der Waals surface area contributed by atoms with Crippen LogP contribution in [0.4, 0.5) is 11.5 Å². The molecule has 1 N–H and O–H groups in total. The van der Waals surface area contributed by atoms with Crippen molar-refractivity contribution in [2.24, 2.45) is 0 Å². The van der Waals surface area contributed by atoms with Crippen LogP contribution < -0.4 is 14.8 Å². The largest absolute Gasteiger partial charge is 0.491 e. The van der Waals surface area contributed by atoms with Crippen LogP contribution in [0.15, 0.2) is 66.9 Å². The van der Waals surface area contributed by atoms with Gasteiger partial charge in [0.05, 0.1) is 25.0 Å². The summed E-state index contributed by atoms with van der Waals surface area (Å²) < 4.78 is 19.7. The van der Waals surface area contributed by atoms with Crippen LogP contribution in [0.3, 0.4) is 0 Å². The van der Waals surface area contributed by atoms with E-state index in [1.165, 1.54) is 12.8 Å². The summed E-state index contributed by atoms with van der Waals surface area (Å²) in [6, 6.07) is 20.1. The van der Waals surface area contributed by atoms with Gasteiger partial charge in [-0.15, -0.1) is 0 Å². The first-order valence-corrected chi connectivity index (χ1v) is 12.0. The van der Waals surface area contributed by atoms with Crippen LogP contribution in [0.5, 0.6) is 11.6 Å². The van der Waals surface area contributed by atoms with E-state index >= 15 is 0 Å². The minimum absolute atomic E-state index is 0.226. The number of ether oxygens (including phenoxy) is 3. The lowest BCUT2D eigenvalue weighted by Crippen LogP contribution is -2.22. The Morgan fingerprint density at radius 3 is 2.71 bits per heavy atom. The second-order valence-corrected chi connectivity index (χ2v) is 8.86. The summed E-state index contributed by atoms with van der Waals surface area (Å²) in [7, 11) is 0. The van der Waals surface area contributed by atoms with E-state index in [9.17, 15) is 0 Å². The maximum Gasteiger partial charge on any atom is 0.223 e. The second-order valence-electron chi connectivity index (χ2n) is 8.86. The highest BCUT2D eigenvalue weighted by atomic mass is 16.5. The van der Waals surface area contributed by atoms with Crippen molar-refractivity contribution in [2.75, 3.05) is 18.5 Å². The van der Waals surface area contributed by atoms with Gasteiger partial charge in [0.2, 0.25) is 5.88 Å². The molecule has 1 fully saturated rings. The van der Waals surface area contributed by atoms with Gasteiger partial charge in [0, 0.05) is 17.7 Å². The molecule has 1 aliphatic carbocycles. The average molecular weight is 457 g/mol. The third-order valence-electron chi connectivity index (χ3n) is 6.60. The zero-order valence-electron chi connectivity index (χ0n) is 19.0. The molecule has 0 bridgehead atoms. The van der Waals surface area contributed by atoms with Crippen molar-refractivity contribution in [3.05, 3.63) is 78.0 Å². The van der Waals surface area contributed by atoms with Crippen molar-refractivity contribution >= 4 is 17.2 Å². The van der Waals surface area contributed by atoms with Crippen LogP contribution in [0.2, 0.25) is 0 Å². The second kappa shape index (κ2) is 9.35. The number of rotatable bonds is 8. The molecule has 7 heteroatoms. The van der Waals surface area contributed by atoms with E-state index in [0.717, 1.165) is 52.8 Å². The molecule has 2 atom stereocenters. The Labute approximate surface area is 198 Å². The average Bonchev–Trinajstić information content (AvgIpc) is 3.50. The van der Waals surface area contributed by atoms with Crippen molar-refractivity contribution in [3.63, 3.8) is 0 Å². The predicted octanol–water partition coefficient (Wildman–Crippen LogP) is 5.49. The van der Waals surface area contributed by atoms with Crippen LogP contribution in [0.25, 0.3) is 5.65 Å². The van der Waals surface area contributed by atoms with Gasteiger partial charge >= 0.3 is 0 Å². The lowest BCUT2D eigenvalue weighted by Gasteiger charge is -2.24. The van der Waals surface area contributed by atoms with Crippen LogP contribution in [0.1, 0.15) is 42.7 Å². The van der Waals surface area contributed by atoms with Crippen LogP contribution >= 0.6 is 0 Å². The predicted molar refractivity (Wildman–Crippen MR) is 130 cm³/mol. The van der Waals surface area contributed by atoms with Gasteiger partial charge in [-0.3, -0.25) is 0 Å². The normalized spacial score (nSPS) is 18.8. The summed E-state index contributed by atoms with van der Waals surface area (Å²) in [5, 5.41) is 8.11. The fourth-order valence-electron chi connectivity index (χ4n) is 4.94. The lowest BCUT2D eigenvalue weighted by atomic mass is 9.84. The van der Waals surface area contributed by atoms with E-state index in [0.29, 0.717) is 25.7 Å². The molecular weight excluding hydrogens is 428 g/mol. The monoisotopic (exact) mass is 456 g/mol. The van der Waals surface area contributed by atoms with Crippen molar-refractivity contribution < 1.29 is 14.2 Å². The van der Waals surface area contributed by atoms with Gasteiger partial charge in [0.15, 0.2) is 5.65 Å². The number of fused-ring (bicyclic) bond motifs is 4. The molecule has 2 aliphatic rings. The Morgan fingerprint density at radius 1 is 0.971 bits per heavy atom. The van der Waals surface area contributed by atoms with Crippen LogP contribution in [-0.4, -0.2) is 33.9 Å². The number of aromatic nitrogens is 3. The van der Waals surface area contributed by atoms with Crippen molar-refractivity contribution in [1.82, 2.24) is 14.6 Å². The molecule has 174 valence electrons.